The van der Waals surface area contributed by atoms with E-state index in [4.69, 9.17) is 0 Å². The van der Waals surface area contributed by atoms with Crippen molar-refractivity contribution in [3.05, 3.63) is 226 Å². The maximum Gasteiger partial charge on any atom is 0.0620 e. The Morgan fingerprint density at radius 3 is 0.902 bits per heavy atom. The average molecular weight is 1200 g/mol. The molecule has 0 amide bonds. The molecule has 0 bridgehead atoms. The monoisotopic (exact) mass is 1200 g/mol. The van der Waals surface area contributed by atoms with Gasteiger partial charge in [0.1, 0.15) is 0 Å². The fourth-order valence-electron chi connectivity index (χ4n) is 16.1. The highest BCUT2D eigenvalue weighted by Crippen LogP contribution is 2.49. The number of hydrogen-bond acceptors (Lipinski definition) is 0. The summed E-state index contributed by atoms with van der Waals surface area (Å²) >= 11 is 0. The maximum atomic E-state index is 2.59. The molecule has 0 radical (unpaired) electrons. The molecule has 4 aromatic heterocycles. The predicted octanol–water partition coefficient (Wildman–Crippen LogP) is 26.4. The second-order valence-electron chi connectivity index (χ2n) is 32.1. The number of fused-ring (bicyclic) bond motifs is 16. The smallest absolute Gasteiger partial charge is 0.0620 e. The van der Waals surface area contributed by atoms with Crippen LogP contribution in [0.15, 0.2) is 176 Å². The van der Waals surface area contributed by atoms with Gasteiger partial charge in [-0.25, -0.2) is 0 Å². The van der Waals surface area contributed by atoms with Crippen LogP contribution in [-0.2, 0) is 16.2 Å². The quantitative estimate of drug-likeness (QED) is 0.136. The SMILES string of the molecule is Cc1cc(C(C)(C)C)cc(C)c1-c1cc2c3cc4cc(C(C)C)ccc4cc3n3c4cc5ccc(C(C)CCC(C)c6ccc7cc8c(cc7c6)c6cc(-c7cc(C(C)(C)C)cc(C(C)(C)C)c7)cc7c9cc%10cc(C(C)C)ccc%10cc9n8c76)cc5cc4c(c1)c23. The fraction of sp³-hybridized carbons (Fsp3) is 0.289. The molecule has 2 atom stereocenters. The Morgan fingerprint density at radius 2 is 0.576 bits per heavy atom. The second-order valence-corrected chi connectivity index (χ2v) is 32.1. The van der Waals surface area contributed by atoms with E-state index in [1.165, 1.54) is 192 Å². The minimum atomic E-state index is 0.0118. The molecule has 12 aromatic carbocycles. The zero-order valence-electron chi connectivity index (χ0n) is 57.4. The number of aromatic nitrogens is 2. The van der Waals surface area contributed by atoms with E-state index in [0.29, 0.717) is 23.7 Å². The summed E-state index contributed by atoms with van der Waals surface area (Å²) in [4.78, 5) is 0. The van der Waals surface area contributed by atoms with E-state index in [1.54, 1.807) is 0 Å². The highest BCUT2D eigenvalue weighted by atomic mass is 14.9. The molecule has 0 fully saturated rings. The Morgan fingerprint density at radius 1 is 0.283 bits per heavy atom. The molecule has 0 saturated heterocycles. The van der Waals surface area contributed by atoms with Gasteiger partial charge in [-0.3, -0.25) is 0 Å². The van der Waals surface area contributed by atoms with Crippen LogP contribution in [0, 0.1) is 13.8 Å². The zero-order valence-corrected chi connectivity index (χ0v) is 57.4. The Kier molecular flexibility index (Phi) is 12.9. The molecule has 0 N–H and O–H groups in total. The van der Waals surface area contributed by atoms with Crippen molar-refractivity contribution in [1.29, 1.82) is 0 Å². The third-order valence-electron chi connectivity index (χ3n) is 21.9. The average Bonchev–Trinajstić information content (AvgIpc) is 1.54. The van der Waals surface area contributed by atoms with Crippen molar-refractivity contribution in [2.24, 2.45) is 0 Å². The van der Waals surface area contributed by atoms with Gasteiger partial charge in [0.05, 0.1) is 33.1 Å². The molecule has 2 unspecified atom stereocenters. The van der Waals surface area contributed by atoms with E-state index in [0.717, 1.165) is 12.8 Å². The van der Waals surface area contributed by atoms with Crippen LogP contribution in [0.1, 0.15) is 190 Å². The van der Waals surface area contributed by atoms with Crippen LogP contribution in [0.3, 0.4) is 0 Å². The molecular formula is C90H88N2. The normalized spacial score (nSPS) is 13.9. The fourth-order valence-corrected chi connectivity index (χ4v) is 16.1. The maximum absolute atomic E-state index is 2.59. The molecule has 0 saturated carbocycles. The molecule has 2 nitrogen and oxygen atoms in total. The molecule has 0 aliphatic rings. The van der Waals surface area contributed by atoms with Crippen molar-refractivity contribution in [2.45, 2.75) is 170 Å². The van der Waals surface area contributed by atoms with Crippen LogP contribution in [0.5, 0.6) is 0 Å². The summed E-state index contributed by atoms with van der Waals surface area (Å²) in [5, 5.41) is 21.0. The molecule has 0 aliphatic carbocycles. The summed E-state index contributed by atoms with van der Waals surface area (Å²) < 4.78 is 5.18. The highest BCUT2D eigenvalue weighted by Gasteiger charge is 2.27. The summed E-state index contributed by atoms with van der Waals surface area (Å²) in [7, 11) is 0. The van der Waals surface area contributed by atoms with E-state index < -0.39 is 0 Å². The minimum Gasteiger partial charge on any atom is -0.308 e. The first-order valence-electron chi connectivity index (χ1n) is 34.3. The molecule has 2 heteroatoms. The van der Waals surface area contributed by atoms with E-state index in [9.17, 15) is 0 Å². The van der Waals surface area contributed by atoms with E-state index in [2.05, 4.69) is 302 Å². The summed E-state index contributed by atoms with van der Waals surface area (Å²) in [6.45, 7) is 39.8. The van der Waals surface area contributed by atoms with Gasteiger partial charge in [0, 0.05) is 43.1 Å². The van der Waals surface area contributed by atoms with Crippen LogP contribution in [0.4, 0.5) is 0 Å². The highest BCUT2D eigenvalue weighted by molar-refractivity contribution is 6.29. The molecule has 458 valence electrons. The van der Waals surface area contributed by atoms with Gasteiger partial charge in [0.15, 0.2) is 0 Å². The molecule has 0 aliphatic heterocycles. The predicted molar refractivity (Wildman–Crippen MR) is 403 cm³/mol. The first-order valence-corrected chi connectivity index (χ1v) is 34.3. The first-order chi connectivity index (χ1) is 43.7. The van der Waals surface area contributed by atoms with Gasteiger partial charge in [-0.15, -0.1) is 0 Å². The van der Waals surface area contributed by atoms with Crippen molar-refractivity contribution >= 4 is 119 Å². The van der Waals surface area contributed by atoms with Crippen LogP contribution in [0.2, 0.25) is 0 Å². The van der Waals surface area contributed by atoms with Crippen molar-refractivity contribution in [3.8, 4) is 22.3 Å². The number of rotatable bonds is 9. The van der Waals surface area contributed by atoms with Gasteiger partial charge in [0.2, 0.25) is 0 Å². The van der Waals surface area contributed by atoms with Gasteiger partial charge in [0.25, 0.3) is 0 Å². The van der Waals surface area contributed by atoms with Crippen LogP contribution in [0.25, 0.3) is 142 Å². The Bertz CT molecular complexity index is 5690. The summed E-state index contributed by atoms with van der Waals surface area (Å²) in [6, 6.07) is 71.0. The van der Waals surface area contributed by atoms with Crippen LogP contribution < -0.4 is 0 Å². The number of nitrogens with zero attached hydrogens (tertiary/aromatic N) is 2. The number of benzene rings is 12. The number of aryl methyl sites for hydroxylation is 2. The van der Waals surface area contributed by atoms with Gasteiger partial charge < -0.3 is 8.80 Å². The van der Waals surface area contributed by atoms with E-state index in [1.807, 2.05) is 0 Å². The largest absolute Gasteiger partial charge is 0.308 e. The van der Waals surface area contributed by atoms with Crippen molar-refractivity contribution in [2.75, 3.05) is 0 Å². The molecule has 0 spiro atoms. The van der Waals surface area contributed by atoms with Gasteiger partial charge in [-0.2, -0.15) is 0 Å². The summed E-state index contributed by atoms with van der Waals surface area (Å²) in [6.07, 6.45) is 2.21. The van der Waals surface area contributed by atoms with Gasteiger partial charge >= 0.3 is 0 Å². The van der Waals surface area contributed by atoms with Crippen molar-refractivity contribution < 1.29 is 0 Å². The summed E-state index contributed by atoms with van der Waals surface area (Å²) in [5.74, 6) is 1.73. The molecule has 92 heavy (non-hydrogen) atoms. The lowest BCUT2D eigenvalue weighted by Crippen LogP contribution is -2.16. The number of hydrogen-bond donors (Lipinski definition) is 0. The van der Waals surface area contributed by atoms with Crippen molar-refractivity contribution in [1.82, 2.24) is 8.80 Å². The molecule has 16 aromatic rings. The Balaban J connectivity index is 0.763. The standard InChI is InChI=1S/C90H88N2/c1-49(2)55-20-24-59-44-81-73(36-63(59)30-55)77-40-68(67-34-71(89(12,13)14)48-72(35-67)90(15,16)17)41-78-74-38-65-32-57(22-26-61(65)46-82(74)91(81)86(77)78)51(5)18-19-52(6)58-23-27-62-47-84-76(39-66(62)33-58)80-43-69(85-53(7)28-70(29-54(85)8)88(9,10)11)42-79-75-37-64-31-56(50(3)4)21-25-60(64)45-83(75)92(84)87(79)80/h20-52H,18-19H2,1-17H3. The Hall–Kier alpha value is -8.72. The molecule has 4 heterocycles. The van der Waals surface area contributed by atoms with Gasteiger partial charge in [-0.05, 0) is 255 Å². The summed E-state index contributed by atoms with van der Waals surface area (Å²) in [5.41, 5.74) is 25.5. The second kappa shape index (κ2) is 20.4. The lowest BCUT2D eigenvalue weighted by Gasteiger charge is -2.26. The third-order valence-corrected chi connectivity index (χ3v) is 21.9. The van der Waals surface area contributed by atoms with E-state index in [-0.39, 0.29) is 16.2 Å². The van der Waals surface area contributed by atoms with Crippen LogP contribution >= 0.6 is 0 Å². The van der Waals surface area contributed by atoms with Crippen LogP contribution in [-0.4, -0.2) is 8.80 Å². The first kappa shape index (κ1) is 58.4. The van der Waals surface area contributed by atoms with Crippen molar-refractivity contribution in [3.63, 3.8) is 0 Å². The minimum absolute atomic E-state index is 0.0118. The lowest BCUT2D eigenvalue weighted by atomic mass is 9.79. The third kappa shape index (κ3) is 9.23. The lowest BCUT2D eigenvalue weighted by molar-refractivity contribution is 0.569. The van der Waals surface area contributed by atoms with E-state index >= 15 is 0 Å². The topological polar surface area (TPSA) is 8.82 Å². The van der Waals surface area contributed by atoms with Gasteiger partial charge in [-0.1, -0.05) is 207 Å². The molecular weight excluding hydrogens is 1110 g/mol. The molecule has 16 rings (SSSR count). The zero-order chi connectivity index (χ0) is 64.1. The Labute approximate surface area is 543 Å².